The van der Waals surface area contributed by atoms with Gasteiger partial charge in [-0.3, -0.25) is 4.79 Å². The number of hydrogen-bond donors (Lipinski definition) is 1. The molecule has 5 nitrogen and oxygen atoms in total. The van der Waals surface area contributed by atoms with E-state index >= 15 is 0 Å². The van der Waals surface area contributed by atoms with Crippen LogP contribution in [0.5, 0.6) is 0 Å². The highest BCUT2D eigenvalue weighted by Crippen LogP contribution is 2.40. The molecule has 0 aliphatic heterocycles. The van der Waals surface area contributed by atoms with Gasteiger partial charge in [0.2, 0.25) is 5.91 Å². The van der Waals surface area contributed by atoms with Crippen molar-refractivity contribution in [2.45, 2.75) is 24.5 Å². The van der Waals surface area contributed by atoms with Gasteiger partial charge in [0.1, 0.15) is 5.92 Å². The van der Waals surface area contributed by atoms with Crippen molar-refractivity contribution in [1.29, 1.82) is 0 Å². The number of allylic oxidation sites excluding steroid dienone is 2. The molecular weight excluding hydrogens is 242 g/mol. The van der Waals surface area contributed by atoms with E-state index in [2.05, 4.69) is 4.98 Å². The maximum absolute atomic E-state index is 11.7. The number of methoxy groups -OCH3 is 1. The van der Waals surface area contributed by atoms with Crippen LogP contribution in [0.25, 0.3) is 0 Å². The summed E-state index contributed by atoms with van der Waals surface area (Å²) >= 11 is 0. The fraction of sp³-hybridized carbons (Fsp3) is 0.429. The summed E-state index contributed by atoms with van der Waals surface area (Å²) in [6, 6.07) is 0. The molecule has 2 unspecified atom stereocenters. The van der Waals surface area contributed by atoms with Crippen LogP contribution in [0.1, 0.15) is 24.5 Å². The Balaban J connectivity index is 2.02. The Bertz CT molecular complexity index is 557. The molecule has 0 spiro atoms. The van der Waals surface area contributed by atoms with E-state index in [1.807, 2.05) is 29.0 Å². The topological polar surface area (TPSA) is 70.1 Å². The fourth-order valence-corrected chi connectivity index (χ4v) is 2.58. The minimum absolute atomic E-state index is 0.413. The van der Waals surface area contributed by atoms with Crippen LogP contribution in [0.15, 0.2) is 36.8 Å². The van der Waals surface area contributed by atoms with E-state index in [9.17, 15) is 4.79 Å². The van der Waals surface area contributed by atoms with Crippen molar-refractivity contribution < 1.29 is 9.53 Å². The van der Waals surface area contributed by atoms with Gasteiger partial charge in [0, 0.05) is 19.2 Å². The molecule has 1 saturated carbocycles. The number of imidazole rings is 1. The average Bonchev–Trinajstić information content (AvgIpc) is 3.16. The first-order chi connectivity index (χ1) is 9.17. The van der Waals surface area contributed by atoms with Gasteiger partial charge in [-0.25, -0.2) is 4.98 Å². The third kappa shape index (κ3) is 1.90. The Kier molecular flexibility index (Phi) is 2.78. The first-order valence-electron chi connectivity index (χ1n) is 6.42. The lowest BCUT2D eigenvalue weighted by atomic mass is 9.90. The van der Waals surface area contributed by atoms with Gasteiger partial charge in [-0.15, -0.1) is 0 Å². The Morgan fingerprint density at radius 2 is 2.32 bits per heavy atom. The monoisotopic (exact) mass is 259 g/mol. The van der Waals surface area contributed by atoms with Gasteiger partial charge in [0.05, 0.1) is 12.0 Å². The van der Waals surface area contributed by atoms with Crippen LogP contribution in [-0.4, -0.2) is 22.6 Å². The summed E-state index contributed by atoms with van der Waals surface area (Å²) in [5.41, 5.74) is 5.65. The molecule has 0 radical (unpaired) electrons. The molecule has 1 aromatic heterocycles. The van der Waals surface area contributed by atoms with Crippen LogP contribution >= 0.6 is 0 Å². The number of aromatic nitrogens is 2. The van der Waals surface area contributed by atoms with E-state index in [1.165, 1.54) is 12.8 Å². The summed E-state index contributed by atoms with van der Waals surface area (Å²) in [6.07, 6.45) is 13.3. The average molecular weight is 259 g/mol. The Morgan fingerprint density at radius 1 is 1.53 bits per heavy atom. The standard InChI is InChI=1S/C14H17N3O2/c1-19-14(7-3-2-4-11(14)13(15)18)17-8-12(16-9-17)10-5-6-10/h2-4,7-11H,5-6H2,1H3,(H2,15,18). The van der Waals surface area contributed by atoms with E-state index in [0.29, 0.717) is 5.92 Å². The lowest BCUT2D eigenvalue weighted by molar-refractivity contribution is -0.135. The number of rotatable bonds is 4. The van der Waals surface area contributed by atoms with Crippen molar-refractivity contribution in [3.8, 4) is 0 Å². The third-order valence-corrected chi connectivity index (χ3v) is 3.83. The highest BCUT2D eigenvalue weighted by molar-refractivity contribution is 5.80. The number of primary amides is 1. The second-order valence-corrected chi connectivity index (χ2v) is 5.06. The highest BCUT2D eigenvalue weighted by atomic mass is 16.5. The summed E-state index contributed by atoms with van der Waals surface area (Å²) in [5.74, 6) is -0.391. The maximum Gasteiger partial charge on any atom is 0.229 e. The minimum Gasteiger partial charge on any atom is -0.369 e. The zero-order valence-corrected chi connectivity index (χ0v) is 10.8. The van der Waals surface area contributed by atoms with Crippen LogP contribution in [0, 0.1) is 5.92 Å². The zero-order chi connectivity index (χ0) is 13.5. The lowest BCUT2D eigenvalue weighted by Gasteiger charge is -2.36. The van der Waals surface area contributed by atoms with E-state index in [1.54, 1.807) is 19.5 Å². The summed E-state index contributed by atoms with van der Waals surface area (Å²) in [5, 5.41) is 0. The lowest BCUT2D eigenvalue weighted by Crippen LogP contribution is -2.47. The Morgan fingerprint density at radius 3 is 2.95 bits per heavy atom. The molecule has 1 fully saturated rings. The first-order valence-corrected chi connectivity index (χ1v) is 6.42. The molecule has 1 amide bonds. The minimum atomic E-state index is -0.902. The summed E-state index contributed by atoms with van der Waals surface area (Å²) in [6.45, 7) is 0. The van der Waals surface area contributed by atoms with E-state index in [4.69, 9.17) is 10.5 Å². The summed E-state index contributed by atoms with van der Waals surface area (Å²) < 4.78 is 7.48. The van der Waals surface area contributed by atoms with Gasteiger partial charge in [0.25, 0.3) is 0 Å². The van der Waals surface area contributed by atoms with Gasteiger partial charge in [-0.1, -0.05) is 18.2 Å². The molecule has 2 aliphatic rings. The second-order valence-electron chi connectivity index (χ2n) is 5.06. The molecule has 1 aromatic rings. The molecule has 1 heterocycles. The number of carbonyl (C=O) groups is 1. The molecule has 2 atom stereocenters. The molecule has 100 valence electrons. The van der Waals surface area contributed by atoms with Gasteiger partial charge in [-0.05, 0) is 18.9 Å². The molecule has 0 bridgehead atoms. The van der Waals surface area contributed by atoms with E-state index in [-0.39, 0.29) is 0 Å². The van der Waals surface area contributed by atoms with Crippen molar-refractivity contribution in [3.63, 3.8) is 0 Å². The van der Waals surface area contributed by atoms with Crippen molar-refractivity contribution in [2.24, 2.45) is 11.7 Å². The van der Waals surface area contributed by atoms with Gasteiger partial charge in [0.15, 0.2) is 5.72 Å². The molecular formula is C14H17N3O2. The molecule has 2 aliphatic carbocycles. The van der Waals surface area contributed by atoms with Gasteiger partial charge >= 0.3 is 0 Å². The van der Waals surface area contributed by atoms with Crippen LogP contribution in [-0.2, 0) is 15.3 Å². The number of hydrogen-bond acceptors (Lipinski definition) is 3. The van der Waals surface area contributed by atoms with Crippen molar-refractivity contribution in [2.75, 3.05) is 7.11 Å². The molecule has 0 aromatic carbocycles. The largest absolute Gasteiger partial charge is 0.369 e. The molecule has 3 rings (SSSR count). The van der Waals surface area contributed by atoms with Crippen LogP contribution in [0.2, 0.25) is 0 Å². The molecule has 0 saturated heterocycles. The first kappa shape index (κ1) is 12.2. The highest BCUT2D eigenvalue weighted by Gasteiger charge is 2.42. The van der Waals surface area contributed by atoms with Gasteiger partial charge in [-0.2, -0.15) is 0 Å². The van der Waals surface area contributed by atoms with Crippen LogP contribution in [0.4, 0.5) is 0 Å². The molecule has 5 heteroatoms. The number of amides is 1. The predicted molar refractivity (Wildman–Crippen MR) is 70.1 cm³/mol. The van der Waals surface area contributed by atoms with Gasteiger partial charge < -0.3 is 15.0 Å². The normalized spacial score (nSPS) is 29.6. The number of ether oxygens (including phenoxy) is 1. The Labute approximate surface area is 111 Å². The van der Waals surface area contributed by atoms with Crippen molar-refractivity contribution in [3.05, 3.63) is 42.5 Å². The van der Waals surface area contributed by atoms with Crippen LogP contribution < -0.4 is 5.73 Å². The van der Waals surface area contributed by atoms with Crippen molar-refractivity contribution in [1.82, 2.24) is 9.55 Å². The number of carbonyl (C=O) groups excluding carboxylic acids is 1. The fourth-order valence-electron chi connectivity index (χ4n) is 2.58. The molecule has 2 N–H and O–H groups in total. The number of nitrogens with zero attached hydrogens (tertiary/aromatic N) is 2. The number of nitrogens with two attached hydrogens (primary N) is 1. The predicted octanol–water partition coefficient (Wildman–Crippen LogP) is 1.29. The summed E-state index contributed by atoms with van der Waals surface area (Å²) in [7, 11) is 1.58. The van der Waals surface area contributed by atoms with Crippen molar-refractivity contribution >= 4 is 5.91 Å². The second kappa shape index (κ2) is 4.35. The SMILES string of the molecule is COC1(n2cnc(C3CC3)c2)C=CC=CC1C(N)=O. The quantitative estimate of drug-likeness (QED) is 0.885. The third-order valence-electron chi connectivity index (χ3n) is 3.83. The van der Waals surface area contributed by atoms with E-state index in [0.717, 1.165) is 5.69 Å². The zero-order valence-electron chi connectivity index (χ0n) is 10.8. The maximum atomic E-state index is 11.7. The van der Waals surface area contributed by atoms with E-state index < -0.39 is 17.6 Å². The smallest absolute Gasteiger partial charge is 0.229 e. The van der Waals surface area contributed by atoms with Crippen LogP contribution in [0.3, 0.4) is 0 Å². The Hall–Kier alpha value is -1.88. The summed E-state index contributed by atoms with van der Waals surface area (Å²) in [4.78, 5) is 16.1. The molecule has 19 heavy (non-hydrogen) atoms.